The van der Waals surface area contributed by atoms with Crippen molar-refractivity contribution in [3.8, 4) is 0 Å². The van der Waals surface area contributed by atoms with Gasteiger partial charge in [-0.05, 0) is 40.8 Å². The van der Waals surface area contributed by atoms with Crippen molar-refractivity contribution in [1.82, 2.24) is 9.97 Å². The van der Waals surface area contributed by atoms with E-state index < -0.39 is 0 Å². The van der Waals surface area contributed by atoms with Crippen molar-refractivity contribution in [3.63, 3.8) is 0 Å². The first-order valence-corrected chi connectivity index (χ1v) is 5.91. The number of nitrogens with one attached hydrogen (secondary N) is 1. The molecule has 0 radical (unpaired) electrons. The number of aromatic nitrogens is 2. The largest absolute Gasteiger partial charge is 0.382 e. The van der Waals surface area contributed by atoms with Crippen molar-refractivity contribution in [2.24, 2.45) is 0 Å². The molecule has 1 aromatic heterocycles. The van der Waals surface area contributed by atoms with Crippen LogP contribution >= 0.6 is 34.2 Å². The standard InChI is InChI=1S/C10H8ClIN4/c11-8-9(13)14-5-15-10(8)16-7-3-1-2-6(12)4-7/h1-5H,(H3,13,14,15,16). The van der Waals surface area contributed by atoms with E-state index in [0.29, 0.717) is 10.8 Å². The highest BCUT2D eigenvalue weighted by Crippen LogP contribution is 2.26. The molecule has 0 saturated carbocycles. The summed E-state index contributed by atoms with van der Waals surface area (Å²) in [4.78, 5) is 7.82. The number of rotatable bonds is 2. The molecule has 0 aliphatic heterocycles. The molecule has 0 fully saturated rings. The fraction of sp³-hybridized carbons (Fsp3) is 0. The Morgan fingerprint density at radius 2 is 2.12 bits per heavy atom. The molecule has 0 amide bonds. The zero-order valence-corrected chi connectivity index (χ0v) is 11.0. The van der Waals surface area contributed by atoms with E-state index in [-0.39, 0.29) is 5.82 Å². The Labute approximate surface area is 111 Å². The van der Waals surface area contributed by atoms with Crippen molar-refractivity contribution in [2.45, 2.75) is 0 Å². The minimum atomic E-state index is 0.268. The molecule has 0 aliphatic carbocycles. The molecule has 4 nitrogen and oxygen atoms in total. The normalized spacial score (nSPS) is 10.1. The molecule has 0 unspecified atom stereocenters. The van der Waals surface area contributed by atoms with Gasteiger partial charge in [0, 0.05) is 9.26 Å². The fourth-order valence-corrected chi connectivity index (χ4v) is 1.86. The van der Waals surface area contributed by atoms with Gasteiger partial charge in [0.05, 0.1) is 0 Å². The van der Waals surface area contributed by atoms with Crippen molar-refractivity contribution < 1.29 is 0 Å². The number of hydrogen-bond acceptors (Lipinski definition) is 4. The average Bonchev–Trinajstić information content (AvgIpc) is 2.25. The number of halogens is 2. The molecule has 6 heteroatoms. The molecule has 0 aliphatic rings. The van der Waals surface area contributed by atoms with Gasteiger partial charge in [0.15, 0.2) is 5.82 Å². The van der Waals surface area contributed by atoms with Crippen molar-refractivity contribution in [1.29, 1.82) is 0 Å². The molecule has 16 heavy (non-hydrogen) atoms. The highest BCUT2D eigenvalue weighted by atomic mass is 127. The topological polar surface area (TPSA) is 63.8 Å². The summed E-state index contributed by atoms with van der Waals surface area (Å²) in [5.41, 5.74) is 6.49. The molecule has 1 heterocycles. The molecule has 3 N–H and O–H groups in total. The predicted octanol–water partition coefficient (Wildman–Crippen LogP) is 3.06. The van der Waals surface area contributed by atoms with E-state index in [4.69, 9.17) is 17.3 Å². The lowest BCUT2D eigenvalue weighted by Gasteiger charge is -2.08. The van der Waals surface area contributed by atoms with Gasteiger partial charge in [0.25, 0.3) is 0 Å². The van der Waals surface area contributed by atoms with Crippen LogP contribution in [0.5, 0.6) is 0 Å². The number of nitrogen functional groups attached to an aromatic ring is 1. The van der Waals surface area contributed by atoms with Crippen LogP contribution in [0.2, 0.25) is 5.02 Å². The lowest BCUT2D eigenvalue weighted by molar-refractivity contribution is 1.18. The summed E-state index contributed by atoms with van der Waals surface area (Å²) in [7, 11) is 0. The molecular weight excluding hydrogens is 338 g/mol. The second-order valence-corrected chi connectivity index (χ2v) is 4.68. The SMILES string of the molecule is Nc1ncnc(Nc2cccc(I)c2)c1Cl. The van der Waals surface area contributed by atoms with E-state index in [1.807, 2.05) is 24.3 Å². The van der Waals surface area contributed by atoms with Gasteiger partial charge in [-0.15, -0.1) is 0 Å². The first kappa shape index (κ1) is 11.4. The Morgan fingerprint density at radius 1 is 1.31 bits per heavy atom. The van der Waals surface area contributed by atoms with Crippen LogP contribution in [0.25, 0.3) is 0 Å². The second kappa shape index (κ2) is 4.84. The van der Waals surface area contributed by atoms with E-state index >= 15 is 0 Å². The van der Waals surface area contributed by atoms with Crippen LogP contribution in [-0.2, 0) is 0 Å². The third-order valence-corrected chi connectivity index (χ3v) is 2.95. The quantitative estimate of drug-likeness (QED) is 0.820. The third-order valence-electron chi connectivity index (χ3n) is 1.90. The third kappa shape index (κ3) is 2.53. The van der Waals surface area contributed by atoms with Crippen LogP contribution in [0.15, 0.2) is 30.6 Å². The summed E-state index contributed by atoms with van der Waals surface area (Å²) < 4.78 is 1.13. The van der Waals surface area contributed by atoms with Crippen LogP contribution in [0.1, 0.15) is 0 Å². The van der Waals surface area contributed by atoms with Crippen LogP contribution in [0.4, 0.5) is 17.3 Å². The Balaban J connectivity index is 2.31. The number of hydrogen-bond donors (Lipinski definition) is 2. The summed E-state index contributed by atoms with van der Waals surface area (Å²) >= 11 is 8.20. The van der Waals surface area contributed by atoms with Gasteiger partial charge in [0.1, 0.15) is 17.2 Å². The number of anilines is 3. The van der Waals surface area contributed by atoms with Crippen LogP contribution in [0.3, 0.4) is 0 Å². The summed E-state index contributed by atoms with van der Waals surface area (Å²) in [5, 5.41) is 3.42. The molecule has 1 aromatic carbocycles. The summed E-state index contributed by atoms with van der Waals surface area (Å²) in [6.45, 7) is 0. The fourth-order valence-electron chi connectivity index (χ4n) is 1.17. The van der Waals surface area contributed by atoms with Gasteiger partial charge in [-0.2, -0.15) is 0 Å². The van der Waals surface area contributed by atoms with Gasteiger partial charge in [0.2, 0.25) is 0 Å². The Morgan fingerprint density at radius 3 is 2.88 bits per heavy atom. The highest BCUT2D eigenvalue weighted by Gasteiger charge is 2.06. The molecule has 0 bridgehead atoms. The van der Waals surface area contributed by atoms with E-state index in [2.05, 4.69) is 37.9 Å². The van der Waals surface area contributed by atoms with Crippen LogP contribution in [-0.4, -0.2) is 9.97 Å². The minimum Gasteiger partial charge on any atom is -0.382 e. The van der Waals surface area contributed by atoms with Gasteiger partial charge >= 0.3 is 0 Å². The van der Waals surface area contributed by atoms with Crippen molar-refractivity contribution in [3.05, 3.63) is 39.2 Å². The smallest absolute Gasteiger partial charge is 0.154 e. The lowest BCUT2D eigenvalue weighted by Crippen LogP contribution is -1.99. The molecular formula is C10H8ClIN4. The maximum atomic E-state index is 5.97. The summed E-state index contributed by atoms with van der Waals surface area (Å²) in [6, 6.07) is 7.86. The van der Waals surface area contributed by atoms with E-state index in [0.717, 1.165) is 9.26 Å². The Bertz CT molecular complexity index is 518. The first-order chi connectivity index (χ1) is 7.66. The van der Waals surface area contributed by atoms with Crippen LogP contribution < -0.4 is 11.1 Å². The maximum Gasteiger partial charge on any atom is 0.154 e. The zero-order chi connectivity index (χ0) is 11.5. The average molecular weight is 347 g/mol. The van der Waals surface area contributed by atoms with Crippen molar-refractivity contribution >= 4 is 51.5 Å². The van der Waals surface area contributed by atoms with Gasteiger partial charge in [-0.25, -0.2) is 9.97 Å². The van der Waals surface area contributed by atoms with Gasteiger partial charge < -0.3 is 11.1 Å². The van der Waals surface area contributed by atoms with Crippen LogP contribution in [0, 0.1) is 3.57 Å². The van der Waals surface area contributed by atoms with Gasteiger partial charge in [-0.3, -0.25) is 0 Å². The molecule has 2 aromatic rings. The molecule has 82 valence electrons. The number of nitrogens with two attached hydrogens (primary N) is 1. The maximum absolute atomic E-state index is 5.97. The number of benzene rings is 1. The van der Waals surface area contributed by atoms with Crippen molar-refractivity contribution in [2.75, 3.05) is 11.1 Å². The minimum absolute atomic E-state index is 0.268. The predicted molar refractivity (Wildman–Crippen MR) is 73.9 cm³/mol. The molecule has 0 atom stereocenters. The Kier molecular flexibility index (Phi) is 3.45. The summed E-state index contributed by atoms with van der Waals surface area (Å²) in [5.74, 6) is 0.779. The second-order valence-electron chi connectivity index (χ2n) is 3.06. The van der Waals surface area contributed by atoms with E-state index in [1.165, 1.54) is 6.33 Å². The van der Waals surface area contributed by atoms with E-state index in [9.17, 15) is 0 Å². The molecule has 0 saturated heterocycles. The lowest BCUT2D eigenvalue weighted by atomic mass is 10.3. The Hall–Kier alpha value is -1.08. The number of nitrogens with zero attached hydrogens (tertiary/aromatic N) is 2. The monoisotopic (exact) mass is 346 g/mol. The molecule has 0 spiro atoms. The molecule has 2 rings (SSSR count). The highest BCUT2D eigenvalue weighted by molar-refractivity contribution is 14.1. The van der Waals surface area contributed by atoms with Gasteiger partial charge in [-0.1, -0.05) is 17.7 Å². The van der Waals surface area contributed by atoms with E-state index in [1.54, 1.807) is 0 Å². The first-order valence-electron chi connectivity index (χ1n) is 4.45. The summed E-state index contributed by atoms with van der Waals surface area (Å²) in [6.07, 6.45) is 1.37. The zero-order valence-electron chi connectivity index (χ0n) is 8.11.